The van der Waals surface area contributed by atoms with Gasteiger partial charge in [-0.05, 0) is 92.5 Å². The van der Waals surface area contributed by atoms with Gasteiger partial charge >= 0.3 is 0 Å². The number of ether oxygens (including phenoxy) is 2. The molecule has 0 radical (unpaired) electrons. The third-order valence-electron chi connectivity index (χ3n) is 7.51. The van der Waals surface area contributed by atoms with Gasteiger partial charge in [0.25, 0.3) is 0 Å². The fourth-order valence-electron chi connectivity index (χ4n) is 6.36. The highest BCUT2D eigenvalue weighted by Gasteiger charge is 2.47. The maximum absolute atomic E-state index is 6.28. The molecular weight excluding hydrogens is 429 g/mol. The molecule has 4 fully saturated rings. The van der Waals surface area contributed by atoms with Crippen LogP contribution in [-0.2, 0) is 13.2 Å². The van der Waals surface area contributed by atoms with Gasteiger partial charge in [-0.25, -0.2) is 0 Å². The Bertz CT molecular complexity index is 883. The lowest BCUT2D eigenvalue weighted by Gasteiger charge is -2.54. The molecule has 0 amide bonds. The Hall–Kier alpha value is -1.42. The minimum absolute atomic E-state index is 0.309. The van der Waals surface area contributed by atoms with Gasteiger partial charge in [-0.15, -0.1) is 0 Å². The van der Waals surface area contributed by atoms with E-state index in [-0.39, 0.29) is 0 Å². The molecule has 1 N–H and O–H groups in total. The number of halogens is 2. The highest BCUT2D eigenvalue weighted by molar-refractivity contribution is 6.35. The normalized spacial score (nSPS) is 28.7. The second-order valence-corrected chi connectivity index (χ2v) is 10.4. The molecule has 0 aliphatic heterocycles. The highest BCUT2D eigenvalue weighted by atomic mass is 35.5. The van der Waals surface area contributed by atoms with Gasteiger partial charge in [0.2, 0.25) is 0 Å². The molecule has 4 bridgehead atoms. The minimum atomic E-state index is 0.309. The average Bonchev–Trinajstić information content (AvgIpc) is 2.74. The lowest BCUT2D eigenvalue weighted by molar-refractivity contribution is -0.0142. The number of nitrogens with one attached hydrogen (secondary N) is 1. The molecule has 0 spiro atoms. The molecule has 4 saturated carbocycles. The van der Waals surface area contributed by atoms with Gasteiger partial charge in [0.1, 0.15) is 6.61 Å². The number of hydrogen-bond acceptors (Lipinski definition) is 3. The summed E-state index contributed by atoms with van der Waals surface area (Å²) in [5, 5.41) is 5.14. The van der Waals surface area contributed by atoms with Crippen LogP contribution < -0.4 is 14.8 Å². The van der Waals surface area contributed by atoms with Crippen molar-refractivity contribution in [2.24, 2.45) is 23.7 Å². The largest absolute Gasteiger partial charge is 0.490 e. The molecule has 0 unspecified atom stereocenters. The van der Waals surface area contributed by atoms with E-state index in [4.69, 9.17) is 32.7 Å². The first-order chi connectivity index (χ1) is 15.1. The van der Waals surface area contributed by atoms with Crippen LogP contribution in [0.15, 0.2) is 36.4 Å². The Morgan fingerprint density at radius 3 is 2.19 bits per heavy atom. The molecule has 2 aromatic rings. The molecule has 6 rings (SSSR count). The van der Waals surface area contributed by atoms with Crippen molar-refractivity contribution in [3.05, 3.63) is 57.6 Å². The van der Waals surface area contributed by atoms with Crippen LogP contribution in [0.3, 0.4) is 0 Å². The summed E-state index contributed by atoms with van der Waals surface area (Å²) in [6.45, 7) is 3.78. The first kappa shape index (κ1) is 21.4. The Morgan fingerprint density at radius 2 is 1.55 bits per heavy atom. The standard InChI is InChI=1S/C26H31Cl2NO2/c1-2-30-25-13-16(6-7-24(25)31-15-21-22(27)4-3-5-23(21)28)14-29-26-19-9-17-8-18(11-19)12-20(26)10-17/h3-7,13,17-20,26,29H,2,8-12,14-15H2,1H3. The number of benzene rings is 2. The second-order valence-electron chi connectivity index (χ2n) is 9.54. The maximum Gasteiger partial charge on any atom is 0.161 e. The van der Waals surface area contributed by atoms with E-state index >= 15 is 0 Å². The van der Waals surface area contributed by atoms with Gasteiger partial charge in [0.05, 0.1) is 6.61 Å². The quantitative estimate of drug-likeness (QED) is 0.466. The summed E-state index contributed by atoms with van der Waals surface area (Å²) in [5.41, 5.74) is 2.03. The summed E-state index contributed by atoms with van der Waals surface area (Å²) in [7, 11) is 0. The summed E-state index contributed by atoms with van der Waals surface area (Å²) in [6.07, 6.45) is 7.25. The molecule has 0 atom stereocenters. The van der Waals surface area contributed by atoms with Crippen LogP contribution >= 0.6 is 23.2 Å². The molecule has 0 heterocycles. The first-order valence-electron chi connectivity index (χ1n) is 11.7. The molecular formula is C26H31Cl2NO2. The summed E-state index contributed by atoms with van der Waals surface area (Å²) < 4.78 is 11.9. The maximum atomic E-state index is 6.28. The highest BCUT2D eigenvalue weighted by Crippen LogP contribution is 2.53. The van der Waals surface area contributed by atoms with Crippen molar-refractivity contribution >= 4 is 23.2 Å². The smallest absolute Gasteiger partial charge is 0.161 e. The van der Waals surface area contributed by atoms with E-state index < -0.39 is 0 Å². The SMILES string of the molecule is CCOc1cc(CNC2C3CC4CC(C3)CC2C4)ccc1OCc1c(Cl)cccc1Cl. The van der Waals surface area contributed by atoms with Crippen LogP contribution in [0.25, 0.3) is 0 Å². The van der Waals surface area contributed by atoms with Gasteiger partial charge in [0.15, 0.2) is 11.5 Å². The Morgan fingerprint density at radius 1 is 0.871 bits per heavy atom. The summed E-state index contributed by atoms with van der Waals surface area (Å²) in [6, 6.07) is 12.4. The minimum Gasteiger partial charge on any atom is -0.490 e. The van der Waals surface area contributed by atoms with Crippen molar-refractivity contribution in [1.29, 1.82) is 0 Å². The van der Waals surface area contributed by atoms with Crippen molar-refractivity contribution in [1.82, 2.24) is 5.32 Å². The Balaban J connectivity index is 1.25. The molecule has 0 aromatic heterocycles. The van der Waals surface area contributed by atoms with Crippen LogP contribution in [0.4, 0.5) is 0 Å². The van der Waals surface area contributed by atoms with Crippen LogP contribution in [0.1, 0.15) is 50.2 Å². The predicted octanol–water partition coefficient (Wildman–Crippen LogP) is 6.89. The van der Waals surface area contributed by atoms with Gasteiger partial charge in [-0.2, -0.15) is 0 Å². The van der Waals surface area contributed by atoms with E-state index in [0.717, 1.165) is 47.3 Å². The van der Waals surface area contributed by atoms with E-state index in [1.807, 2.05) is 31.2 Å². The number of rotatable bonds is 8. The van der Waals surface area contributed by atoms with E-state index in [0.29, 0.717) is 29.3 Å². The first-order valence-corrected chi connectivity index (χ1v) is 12.4. The Labute approximate surface area is 195 Å². The molecule has 3 nitrogen and oxygen atoms in total. The zero-order valence-electron chi connectivity index (χ0n) is 18.1. The molecule has 5 heteroatoms. The van der Waals surface area contributed by atoms with Gasteiger partial charge < -0.3 is 14.8 Å². The molecule has 4 aliphatic carbocycles. The van der Waals surface area contributed by atoms with Crippen molar-refractivity contribution in [3.8, 4) is 11.5 Å². The molecule has 166 valence electrons. The van der Waals surface area contributed by atoms with Crippen LogP contribution in [0.2, 0.25) is 10.0 Å². The third kappa shape index (κ3) is 4.55. The van der Waals surface area contributed by atoms with E-state index in [9.17, 15) is 0 Å². The zero-order valence-corrected chi connectivity index (χ0v) is 19.6. The van der Waals surface area contributed by atoms with Crippen molar-refractivity contribution in [2.45, 2.75) is 58.2 Å². The van der Waals surface area contributed by atoms with Gasteiger partial charge in [0, 0.05) is 28.2 Å². The van der Waals surface area contributed by atoms with Gasteiger partial charge in [-0.1, -0.05) is 35.3 Å². The number of hydrogen-bond donors (Lipinski definition) is 1. The van der Waals surface area contributed by atoms with Crippen molar-refractivity contribution in [3.63, 3.8) is 0 Å². The summed E-state index contributed by atoms with van der Waals surface area (Å²) >= 11 is 12.6. The second kappa shape index (κ2) is 9.21. The molecule has 4 aliphatic rings. The van der Waals surface area contributed by atoms with E-state index in [2.05, 4.69) is 17.4 Å². The summed E-state index contributed by atoms with van der Waals surface area (Å²) in [4.78, 5) is 0. The molecule has 2 aromatic carbocycles. The molecule has 31 heavy (non-hydrogen) atoms. The predicted molar refractivity (Wildman–Crippen MR) is 126 cm³/mol. The fraction of sp³-hybridized carbons (Fsp3) is 0.538. The lowest BCUT2D eigenvalue weighted by Crippen LogP contribution is -2.54. The summed E-state index contributed by atoms with van der Waals surface area (Å²) in [5.74, 6) is 5.27. The topological polar surface area (TPSA) is 30.5 Å². The van der Waals surface area contributed by atoms with Crippen LogP contribution in [-0.4, -0.2) is 12.6 Å². The van der Waals surface area contributed by atoms with Crippen LogP contribution in [0.5, 0.6) is 11.5 Å². The fourth-order valence-corrected chi connectivity index (χ4v) is 6.87. The molecule has 0 saturated heterocycles. The average molecular weight is 460 g/mol. The zero-order chi connectivity index (χ0) is 21.4. The van der Waals surface area contributed by atoms with E-state index in [1.165, 1.54) is 37.7 Å². The van der Waals surface area contributed by atoms with Crippen molar-refractivity contribution in [2.75, 3.05) is 6.61 Å². The van der Waals surface area contributed by atoms with E-state index in [1.54, 1.807) is 0 Å². The van der Waals surface area contributed by atoms with Crippen LogP contribution in [0, 0.1) is 23.7 Å². The Kier molecular flexibility index (Phi) is 6.37. The van der Waals surface area contributed by atoms with Gasteiger partial charge in [-0.3, -0.25) is 0 Å². The lowest BCUT2D eigenvalue weighted by atomic mass is 9.54. The van der Waals surface area contributed by atoms with Crippen molar-refractivity contribution < 1.29 is 9.47 Å². The monoisotopic (exact) mass is 459 g/mol. The third-order valence-corrected chi connectivity index (χ3v) is 8.22.